The van der Waals surface area contributed by atoms with Crippen LogP contribution in [0.3, 0.4) is 0 Å². The maximum Gasteiger partial charge on any atom is 0.340 e. The van der Waals surface area contributed by atoms with E-state index in [4.69, 9.17) is 0 Å². The Labute approximate surface area is 81.7 Å². The number of nitrogens with zero attached hydrogens (tertiary/aromatic N) is 1. The normalized spacial score (nSPS) is 10.5. The molecule has 0 saturated heterocycles. The van der Waals surface area contributed by atoms with Crippen molar-refractivity contribution < 1.29 is 27.1 Å². The molecule has 0 unspecified atom stereocenters. The summed E-state index contributed by atoms with van der Waals surface area (Å²) >= 11 is 0. The standard InChI is InChI=1S/C8H5F4NO2/c1-15-8(14)3-2-13-7(12)5(9)4(3)6(10)11/h2,6H,1H3. The predicted octanol–water partition coefficient (Wildman–Crippen LogP) is 2.08. The number of methoxy groups -OCH3 is 1. The van der Waals surface area contributed by atoms with Gasteiger partial charge in [-0.15, -0.1) is 0 Å². The van der Waals surface area contributed by atoms with Crippen LogP contribution in [0.5, 0.6) is 0 Å². The second kappa shape index (κ2) is 4.24. The molecule has 0 atom stereocenters. The Balaban J connectivity index is 3.40. The number of carbonyl (C=O) groups is 1. The smallest absolute Gasteiger partial charge is 0.340 e. The second-order valence-corrected chi connectivity index (χ2v) is 2.48. The Kier molecular flexibility index (Phi) is 3.23. The lowest BCUT2D eigenvalue weighted by Gasteiger charge is -2.07. The third-order valence-corrected chi connectivity index (χ3v) is 1.64. The van der Waals surface area contributed by atoms with E-state index >= 15 is 0 Å². The predicted molar refractivity (Wildman–Crippen MR) is 40.4 cm³/mol. The average Bonchev–Trinajstić information content (AvgIpc) is 2.20. The fraction of sp³-hybridized carbons (Fsp3) is 0.250. The van der Waals surface area contributed by atoms with Crippen molar-refractivity contribution in [2.45, 2.75) is 6.43 Å². The number of pyridine rings is 1. The summed E-state index contributed by atoms with van der Waals surface area (Å²) in [4.78, 5) is 13.7. The summed E-state index contributed by atoms with van der Waals surface area (Å²) in [6.45, 7) is 0. The molecule has 0 saturated carbocycles. The zero-order valence-corrected chi connectivity index (χ0v) is 7.43. The van der Waals surface area contributed by atoms with E-state index in [0.717, 1.165) is 7.11 Å². The van der Waals surface area contributed by atoms with Gasteiger partial charge in [-0.3, -0.25) is 0 Å². The number of ether oxygens (including phenoxy) is 1. The van der Waals surface area contributed by atoms with Gasteiger partial charge in [0.1, 0.15) is 0 Å². The van der Waals surface area contributed by atoms with Gasteiger partial charge in [0.2, 0.25) is 5.95 Å². The first-order valence-corrected chi connectivity index (χ1v) is 3.69. The lowest BCUT2D eigenvalue weighted by Crippen LogP contribution is -2.11. The van der Waals surface area contributed by atoms with Gasteiger partial charge in [0.05, 0.1) is 18.2 Å². The van der Waals surface area contributed by atoms with Crippen molar-refractivity contribution in [3.63, 3.8) is 0 Å². The molecular formula is C8H5F4NO2. The highest BCUT2D eigenvalue weighted by Gasteiger charge is 2.26. The molecular weight excluding hydrogens is 218 g/mol. The number of alkyl halides is 2. The molecule has 0 aliphatic rings. The van der Waals surface area contributed by atoms with Crippen LogP contribution in [0.2, 0.25) is 0 Å². The van der Waals surface area contributed by atoms with E-state index < -0.39 is 35.3 Å². The molecule has 0 amide bonds. The van der Waals surface area contributed by atoms with Crippen LogP contribution in [0.1, 0.15) is 22.3 Å². The number of hydrogen-bond donors (Lipinski definition) is 0. The number of esters is 1. The molecule has 0 radical (unpaired) electrons. The monoisotopic (exact) mass is 223 g/mol. The highest BCUT2D eigenvalue weighted by atomic mass is 19.3. The van der Waals surface area contributed by atoms with Gasteiger partial charge in [0.25, 0.3) is 6.43 Å². The summed E-state index contributed by atoms with van der Waals surface area (Å²) in [5, 5.41) is 0. The minimum atomic E-state index is -3.32. The van der Waals surface area contributed by atoms with Gasteiger partial charge in [-0.05, 0) is 0 Å². The summed E-state index contributed by atoms with van der Waals surface area (Å²) in [5.41, 5.74) is -2.12. The Hall–Kier alpha value is -1.66. The van der Waals surface area contributed by atoms with Crippen LogP contribution in [0.4, 0.5) is 17.6 Å². The molecule has 0 bridgehead atoms. The molecule has 1 aromatic rings. The van der Waals surface area contributed by atoms with Gasteiger partial charge >= 0.3 is 5.97 Å². The van der Waals surface area contributed by atoms with Gasteiger partial charge in [-0.1, -0.05) is 0 Å². The highest BCUT2D eigenvalue weighted by Crippen LogP contribution is 2.26. The topological polar surface area (TPSA) is 39.2 Å². The third-order valence-electron chi connectivity index (χ3n) is 1.64. The van der Waals surface area contributed by atoms with Gasteiger partial charge in [-0.2, -0.15) is 4.39 Å². The largest absolute Gasteiger partial charge is 0.465 e. The van der Waals surface area contributed by atoms with Crippen LogP contribution in [0.15, 0.2) is 6.20 Å². The summed E-state index contributed by atoms with van der Waals surface area (Å²) in [7, 11) is 0.929. The molecule has 15 heavy (non-hydrogen) atoms. The molecule has 1 aromatic heterocycles. The summed E-state index contributed by atoms with van der Waals surface area (Å²) < 4.78 is 54.2. The molecule has 0 aliphatic heterocycles. The van der Waals surface area contributed by atoms with Gasteiger partial charge in [0, 0.05) is 6.20 Å². The molecule has 82 valence electrons. The van der Waals surface area contributed by atoms with Crippen LogP contribution in [0.25, 0.3) is 0 Å². The van der Waals surface area contributed by atoms with Crippen LogP contribution in [-0.2, 0) is 4.74 Å². The van der Waals surface area contributed by atoms with Gasteiger partial charge in [0.15, 0.2) is 5.82 Å². The SMILES string of the molecule is COC(=O)c1cnc(F)c(F)c1C(F)F. The van der Waals surface area contributed by atoms with Crippen molar-refractivity contribution in [2.75, 3.05) is 7.11 Å². The second-order valence-electron chi connectivity index (χ2n) is 2.48. The summed E-state index contributed by atoms with van der Waals surface area (Å²) in [6, 6.07) is 0. The van der Waals surface area contributed by atoms with Crippen LogP contribution >= 0.6 is 0 Å². The fourth-order valence-corrected chi connectivity index (χ4v) is 0.963. The zero-order chi connectivity index (χ0) is 11.6. The van der Waals surface area contributed by atoms with E-state index in [1.165, 1.54) is 0 Å². The van der Waals surface area contributed by atoms with E-state index in [9.17, 15) is 22.4 Å². The van der Waals surface area contributed by atoms with Gasteiger partial charge < -0.3 is 4.74 Å². The Bertz CT molecular complexity index is 394. The van der Waals surface area contributed by atoms with Crippen molar-refractivity contribution in [3.05, 3.63) is 29.1 Å². The molecule has 0 aromatic carbocycles. The molecule has 1 rings (SSSR count). The van der Waals surface area contributed by atoms with Crippen molar-refractivity contribution in [1.29, 1.82) is 0 Å². The first-order valence-electron chi connectivity index (χ1n) is 3.69. The van der Waals surface area contributed by atoms with Gasteiger partial charge in [-0.25, -0.2) is 22.9 Å². The van der Waals surface area contributed by atoms with Crippen molar-refractivity contribution in [2.24, 2.45) is 0 Å². The number of rotatable bonds is 2. The average molecular weight is 223 g/mol. The van der Waals surface area contributed by atoms with Crippen LogP contribution in [-0.4, -0.2) is 18.1 Å². The fourth-order valence-electron chi connectivity index (χ4n) is 0.963. The zero-order valence-electron chi connectivity index (χ0n) is 7.43. The van der Waals surface area contributed by atoms with E-state index in [1.807, 2.05) is 0 Å². The Morgan fingerprint density at radius 3 is 2.53 bits per heavy atom. The lowest BCUT2D eigenvalue weighted by atomic mass is 10.1. The highest BCUT2D eigenvalue weighted by molar-refractivity contribution is 5.90. The summed E-state index contributed by atoms with van der Waals surface area (Å²) in [6.07, 6.45) is -2.82. The maximum absolute atomic E-state index is 12.9. The van der Waals surface area contributed by atoms with E-state index in [1.54, 1.807) is 0 Å². The molecule has 1 heterocycles. The molecule has 0 fully saturated rings. The number of halogens is 4. The molecule has 3 nitrogen and oxygen atoms in total. The number of aromatic nitrogens is 1. The van der Waals surface area contributed by atoms with Crippen molar-refractivity contribution >= 4 is 5.97 Å². The Morgan fingerprint density at radius 1 is 1.47 bits per heavy atom. The van der Waals surface area contributed by atoms with E-state index in [-0.39, 0.29) is 0 Å². The first kappa shape index (κ1) is 11.4. The van der Waals surface area contributed by atoms with E-state index in [0.29, 0.717) is 6.20 Å². The van der Waals surface area contributed by atoms with Crippen LogP contribution in [0, 0.1) is 11.8 Å². The van der Waals surface area contributed by atoms with Crippen LogP contribution < -0.4 is 0 Å². The van der Waals surface area contributed by atoms with E-state index in [2.05, 4.69) is 9.72 Å². The minimum Gasteiger partial charge on any atom is -0.465 e. The summed E-state index contributed by atoms with van der Waals surface area (Å²) in [5.74, 6) is -4.72. The molecule has 0 aliphatic carbocycles. The molecule has 0 N–H and O–H groups in total. The van der Waals surface area contributed by atoms with Crippen molar-refractivity contribution in [3.8, 4) is 0 Å². The third kappa shape index (κ3) is 2.05. The Morgan fingerprint density at radius 2 is 2.07 bits per heavy atom. The molecule has 7 heteroatoms. The quantitative estimate of drug-likeness (QED) is 0.437. The number of hydrogen-bond acceptors (Lipinski definition) is 3. The van der Waals surface area contributed by atoms with Crippen molar-refractivity contribution in [1.82, 2.24) is 4.98 Å². The minimum absolute atomic E-state index is 0.506. The lowest BCUT2D eigenvalue weighted by molar-refractivity contribution is 0.0585. The maximum atomic E-state index is 12.9. The molecule has 0 spiro atoms. The number of carbonyl (C=O) groups excluding carboxylic acids is 1. The first-order chi connectivity index (χ1) is 6.99.